The number of hydrogen-bond donors (Lipinski definition) is 0. The molecular formula is C9H9Cl2NO. The number of rotatable bonds is 2. The highest BCUT2D eigenvalue weighted by Crippen LogP contribution is 2.17. The molecule has 1 aromatic carbocycles. The molecule has 4 heteroatoms. The normalized spacial score (nSPS) is 9.77. The molecular weight excluding hydrogens is 209 g/mol. The number of amides is 1. The van der Waals surface area contributed by atoms with Crippen LogP contribution in [0.1, 0.15) is 5.56 Å². The first-order chi connectivity index (χ1) is 6.15. The van der Waals surface area contributed by atoms with Crippen molar-refractivity contribution >= 4 is 34.3 Å². The molecule has 0 aliphatic rings. The van der Waals surface area contributed by atoms with Gasteiger partial charge >= 0.3 is 5.37 Å². The highest BCUT2D eigenvalue weighted by atomic mass is 35.5. The number of anilines is 1. The standard InChI is InChI=1S/C9H9Cl2NO/c1-12(9(11)13)8-4-2-3-7(5-8)6-10/h2-5H,6H2,1H3. The van der Waals surface area contributed by atoms with Crippen molar-refractivity contribution in [2.45, 2.75) is 5.88 Å². The first kappa shape index (κ1) is 10.4. The van der Waals surface area contributed by atoms with Gasteiger partial charge in [-0.05, 0) is 29.3 Å². The van der Waals surface area contributed by atoms with Gasteiger partial charge in [-0.25, -0.2) is 0 Å². The Hall–Kier alpha value is -0.730. The van der Waals surface area contributed by atoms with Crippen LogP contribution in [0.25, 0.3) is 0 Å². The molecule has 1 rings (SSSR count). The topological polar surface area (TPSA) is 20.3 Å². The third kappa shape index (κ3) is 2.61. The van der Waals surface area contributed by atoms with Crippen molar-refractivity contribution in [2.75, 3.05) is 11.9 Å². The third-order valence-corrected chi connectivity index (χ3v) is 2.28. The molecule has 0 unspecified atom stereocenters. The van der Waals surface area contributed by atoms with Crippen LogP contribution in [0.2, 0.25) is 0 Å². The van der Waals surface area contributed by atoms with E-state index < -0.39 is 5.37 Å². The van der Waals surface area contributed by atoms with Crippen molar-refractivity contribution < 1.29 is 4.79 Å². The molecule has 0 spiro atoms. The van der Waals surface area contributed by atoms with Crippen molar-refractivity contribution in [1.29, 1.82) is 0 Å². The SMILES string of the molecule is CN(C(=O)Cl)c1cccc(CCl)c1. The van der Waals surface area contributed by atoms with Crippen molar-refractivity contribution in [3.63, 3.8) is 0 Å². The second-order valence-corrected chi connectivity index (χ2v) is 3.21. The van der Waals surface area contributed by atoms with E-state index in [4.69, 9.17) is 23.2 Å². The van der Waals surface area contributed by atoms with E-state index in [2.05, 4.69) is 0 Å². The molecule has 0 aliphatic carbocycles. The number of alkyl halides is 1. The van der Waals surface area contributed by atoms with Gasteiger partial charge in [-0.3, -0.25) is 4.79 Å². The molecule has 1 aromatic rings. The maximum absolute atomic E-state index is 10.8. The minimum absolute atomic E-state index is 0.429. The minimum Gasteiger partial charge on any atom is -0.302 e. The molecule has 0 N–H and O–H groups in total. The second-order valence-electron chi connectivity index (χ2n) is 2.62. The summed E-state index contributed by atoms with van der Waals surface area (Å²) in [6, 6.07) is 7.36. The van der Waals surface area contributed by atoms with E-state index in [1.165, 1.54) is 4.90 Å². The summed E-state index contributed by atoms with van der Waals surface area (Å²) in [6.45, 7) is 0. The number of carbonyl (C=O) groups excluding carboxylic acids is 1. The molecule has 0 aromatic heterocycles. The second kappa shape index (κ2) is 4.49. The molecule has 0 saturated heterocycles. The van der Waals surface area contributed by atoms with Crippen LogP contribution in [0.3, 0.4) is 0 Å². The predicted molar refractivity (Wildman–Crippen MR) is 55.7 cm³/mol. The van der Waals surface area contributed by atoms with Crippen molar-refractivity contribution in [2.24, 2.45) is 0 Å². The molecule has 1 amide bonds. The maximum Gasteiger partial charge on any atom is 0.320 e. The van der Waals surface area contributed by atoms with Crippen LogP contribution in [-0.4, -0.2) is 12.4 Å². The summed E-state index contributed by atoms with van der Waals surface area (Å²) in [6.07, 6.45) is 0. The van der Waals surface area contributed by atoms with Gasteiger partial charge in [-0.2, -0.15) is 0 Å². The number of benzene rings is 1. The fraction of sp³-hybridized carbons (Fsp3) is 0.222. The van der Waals surface area contributed by atoms with Crippen LogP contribution >= 0.6 is 23.2 Å². The molecule has 0 fully saturated rings. The summed E-state index contributed by atoms with van der Waals surface area (Å²) in [4.78, 5) is 12.2. The fourth-order valence-corrected chi connectivity index (χ4v) is 1.21. The lowest BCUT2D eigenvalue weighted by Crippen LogP contribution is -2.19. The van der Waals surface area contributed by atoms with Gasteiger partial charge in [-0.1, -0.05) is 12.1 Å². The quantitative estimate of drug-likeness (QED) is 0.424. The zero-order valence-corrected chi connectivity index (χ0v) is 8.64. The van der Waals surface area contributed by atoms with Crippen LogP contribution in [0.4, 0.5) is 10.5 Å². The molecule has 0 bridgehead atoms. The largest absolute Gasteiger partial charge is 0.320 e. The molecule has 0 heterocycles. The molecule has 0 radical (unpaired) electrons. The predicted octanol–water partition coefficient (Wildman–Crippen LogP) is 3.22. The van der Waals surface area contributed by atoms with Gasteiger partial charge in [0.1, 0.15) is 0 Å². The molecule has 0 saturated carbocycles. The van der Waals surface area contributed by atoms with Gasteiger partial charge in [0.15, 0.2) is 0 Å². The van der Waals surface area contributed by atoms with E-state index in [0.717, 1.165) is 11.3 Å². The Balaban J connectivity index is 2.94. The van der Waals surface area contributed by atoms with E-state index >= 15 is 0 Å². The van der Waals surface area contributed by atoms with E-state index in [1.807, 2.05) is 18.2 Å². The summed E-state index contributed by atoms with van der Waals surface area (Å²) in [5.74, 6) is 0.429. The smallest absolute Gasteiger partial charge is 0.302 e. The van der Waals surface area contributed by atoms with Crippen molar-refractivity contribution in [3.05, 3.63) is 29.8 Å². The Morgan fingerprint density at radius 1 is 1.54 bits per heavy atom. The van der Waals surface area contributed by atoms with Crippen molar-refractivity contribution in [1.82, 2.24) is 0 Å². The van der Waals surface area contributed by atoms with E-state index in [1.54, 1.807) is 13.1 Å². The lowest BCUT2D eigenvalue weighted by atomic mass is 10.2. The highest BCUT2D eigenvalue weighted by Gasteiger charge is 2.06. The van der Waals surface area contributed by atoms with Crippen LogP contribution in [0.5, 0.6) is 0 Å². The van der Waals surface area contributed by atoms with Gasteiger partial charge in [-0.15, -0.1) is 11.6 Å². The van der Waals surface area contributed by atoms with Crippen LogP contribution in [0.15, 0.2) is 24.3 Å². The number of halogens is 2. The summed E-state index contributed by atoms with van der Waals surface area (Å²) in [7, 11) is 1.61. The first-order valence-corrected chi connectivity index (χ1v) is 4.64. The van der Waals surface area contributed by atoms with Crippen LogP contribution in [-0.2, 0) is 5.88 Å². The van der Waals surface area contributed by atoms with Gasteiger partial charge in [0.25, 0.3) is 0 Å². The average Bonchev–Trinajstić information content (AvgIpc) is 2.16. The molecule has 0 atom stereocenters. The lowest BCUT2D eigenvalue weighted by molar-refractivity contribution is 0.265. The summed E-state index contributed by atoms with van der Waals surface area (Å²) >= 11 is 11.0. The zero-order chi connectivity index (χ0) is 9.84. The monoisotopic (exact) mass is 217 g/mol. The van der Waals surface area contributed by atoms with E-state index in [9.17, 15) is 4.79 Å². The molecule has 13 heavy (non-hydrogen) atoms. The first-order valence-electron chi connectivity index (χ1n) is 3.73. The Morgan fingerprint density at radius 2 is 2.23 bits per heavy atom. The van der Waals surface area contributed by atoms with Gasteiger partial charge in [0, 0.05) is 18.6 Å². The van der Waals surface area contributed by atoms with Gasteiger partial charge in [0.05, 0.1) is 0 Å². The van der Waals surface area contributed by atoms with E-state index in [-0.39, 0.29) is 0 Å². The molecule has 70 valence electrons. The minimum atomic E-state index is -0.508. The van der Waals surface area contributed by atoms with E-state index in [0.29, 0.717) is 5.88 Å². The lowest BCUT2D eigenvalue weighted by Gasteiger charge is -2.13. The Bertz CT molecular complexity index is 314. The Morgan fingerprint density at radius 3 is 2.77 bits per heavy atom. The zero-order valence-electron chi connectivity index (χ0n) is 7.13. The Kier molecular flexibility index (Phi) is 3.58. The number of nitrogens with zero attached hydrogens (tertiary/aromatic N) is 1. The van der Waals surface area contributed by atoms with Gasteiger partial charge in [0.2, 0.25) is 0 Å². The molecule has 2 nitrogen and oxygen atoms in total. The van der Waals surface area contributed by atoms with Crippen LogP contribution < -0.4 is 4.90 Å². The van der Waals surface area contributed by atoms with Crippen LogP contribution in [0, 0.1) is 0 Å². The fourth-order valence-electron chi connectivity index (χ4n) is 0.950. The number of hydrogen-bond acceptors (Lipinski definition) is 1. The number of carbonyl (C=O) groups is 1. The molecule has 0 aliphatic heterocycles. The highest BCUT2D eigenvalue weighted by molar-refractivity contribution is 6.66. The van der Waals surface area contributed by atoms with Gasteiger partial charge < -0.3 is 4.90 Å². The maximum atomic E-state index is 10.8. The summed E-state index contributed by atoms with van der Waals surface area (Å²) < 4.78 is 0. The summed E-state index contributed by atoms with van der Waals surface area (Å²) in [5, 5.41) is -0.508. The van der Waals surface area contributed by atoms with Crippen molar-refractivity contribution in [3.8, 4) is 0 Å². The summed E-state index contributed by atoms with van der Waals surface area (Å²) in [5.41, 5.74) is 1.71. The average molecular weight is 218 g/mol. The Labute approximate surface area is 87.1 Å². The third-order valence-electron chi connectivity index (χ3n) is 1.72.